The molecule has 0 fully saturated rings. The number of hydrogen-bond acceptors (Lipinski definition) is 5. The van der Waals surface area contributed by atoms with Gasteiger partial charge in [-0.1, -0.05) is 17.8 Å². The number of thioether (sulfide) groups is 1. The number of H-pyrrole nitrogens is 1. The van der Waals surface area contributed by atoms with Gasteiger partial charge in [0.2, 0.25) is 11.8 Å². The minimum atomic E-state index is -0.364. The van der Waals surface area contributed by atoms with E-state index in [1.165, 1.54) is 18.7 Å². The topological polar surface area (TPSA) is 104 Å². The van der Waals surface area contributed by atoms with Gasteiger partial charge in [-0.05, 0) is 43.9 Å². The van der Waals surface area contributed by atoms with Crippen LogP contribution in [0.3, 0.4) is 0 Å². The number of anilines is 2. The molecule has 1 aromatic carbocycles. The zero-order valence-electron chi connectivity index (χ0n) is 14.4. The second-order valence-electron chi connectivity index (χ2n) is 6.11. The SMILES string of the molecule is CC(=O)Nc1cccc(NC(=O)CSc2nc(=O)[nH]c3c2CCCC3)c1. The number of amides is 2. The molecule has 0 unspecified atom stereocenters. The van der Waals surface area contributed by atoms with Gasteiger partial charge in [-0.3, -0.25) is 9.59 Å². The molecular weight excluding hydrogens is 352 g/mol. The molecule has 0 saturated carbocycles. The number of fused-ring (bicyclic) bond motifs is 1. The van der Waals surface area contributed by atoms with Gasteiger partial charge in [-0.15, -0.1) is 0 Å². The van der Waals surface area contributed by atoms with E-state index in [2.05, 4.69) is 20.6 Å². The molecule has 0 spiro atoms. The molecule has 8 heteroatoms. The third kappa shape index (κ3) is 4.72. The molecular formula is C18H20N4O3S. The minimum Gasteiger partial charge on any atom is -0.326 e. The van der Waals surface area contributed by atoms with Gasteiger partial charge in [0.1, 0.15) is 5.03 Å². The summed E-state index contributed by atoms with van der Waals surface area (Å²) in [5.74, 6) is -0.205. The van der Waals surface area contributed by atoms with Gasteiger partial charge in [0.25, 0.3) is 0 Å². The molecule has 26 heavy (non-hydrogen) atoms. The molecule has 3 rings (SSSR count). The number of rotatable bonds is 5. The van der Waals surface area contributed by atoms with Crippen molar-refractivity contribution < 1.29 is 9.59 Å². The lowest BCUT2D eigenvalue weighted by atomic mass is 9.98. The number of aromatic nitrogens is 2. The molecule has 0 saturated heterocycles. The lowest BCUT2D eigenvalue weighted by Gasteiger charge is -2.17. The van der Waals surface area contributed by atoms with E-state index in [-0.39, 0.29) is 23.3 Å². The number of hydrogen-bond donors (Lipinski definition) is 3. The molecule has 2 aromatic rings. The summed E-state index contributed by atoms with van der Waals surface area (Å²) in [5.41, 5.74) is 2.86. The Bertz CT molecular complexity index is 894. The van der Waals surface area contributed by atoms with E-state index in [0.717, 1.165) is 36.9 Å². The zero-order chi connectivity index (χ0) is 18.5. The van der Waals surface area contributed by atoms with Crippen LogP contribution >= 0.6 is 11.8 Å². The number of carbonyl (C=O) groups is 2. The summed E-state index contributed by atoms with van der Waals surface area (Å²) in [5, 5.41) is 6.11. The summed E-state index contributed by atoms with van der Waals surface area (Å²) in [7, 11) is 0. The first-order valence-corrected chi connectivity index (χ1v) is 9.42. The van der Waals surface area contributed by atoms with E-state index in [4.69, 9.17) is 0 Å². The van der Waals surface area contributed by atoms with Gasteiger partial charge in [0.15, 0.2) is 0 Å². The van der Waals surface area contributed by atoms with Gasteiger partial charge in [-0.25, -0.2) is 4.79 Å². The maximum Gasteiger partial charge on any atom is 0.346 e. The van der Waals surface area contributed by atoms with E-state index in [1.54, 1.807) is 24.3 Å². The molecule has 0 radical (unpaired) electrons. The van der Waals surface area contributed by atoms with E-state index < -0.39 is 0 Å². The van der Waals surface area contributed by atoms with E-state index in [1.807, 2.05) is 0 Å². The summed E-state index contributed by atoms with van der Waals surface area (Å²) >= 11 is 1.28. The number of nitrogens with zero attached hydrogens (tertiary/aromatic N) is 1. The fourth-order valence-electron chi connectivity index (χ4n) is 2.92. The Morgan fingerprint density at radius 1 is 1.19 bits per heavy atom. The van der Waals surface area contributed by atoms with Crippen molar-refractivity contribution in [3.8, 4) is 0 Å². The van der Waals surface area contributed by atoms with Crippen LogP contribution in [0.2, 0.25) is 0 Å². The average molecular weight is 372 g/mol. The van der Waals surface area contributed by atoms with E-state index in [9.17, 15) is 14.4 Å². The van der Waals surface area contributed by atoms with Crippen LogP contribution in [0.15, 0.2) is 34.1 Å². The van der Waals surface area contributed by atoms with Crippen LogP contribution in [0.25, 0.3) is 0 Å². The van der Waals surface area contributed by atoms with E-state index >= 15 is 0 Å². The number of nitrogens with one attached hydrogen (secondary N) is 3. The predicted octanol–water partition coefficient (Wildman–Crippen LogP) is 2.34. The van der Waals surface area contributed by atoms with Crippen LogP contribution in [0.5, 0.6) is 0 Å². The maximum absolute atomic E-state index is 12.2. The third-order valence-corrected chi connectivity index (χ3v) is 5.01. The first-order valence-electron chi connectivity index (χ1n) is 8.43. The van der Waals surface area contributed by atoms with Crippen LogP contribution in [0.4, 0.5) is 11.4 Å². The average Bonchev–Trinajstić information content (AvgIpc) is 2.59. The Balaban J connectivity index is 1.64. The van der Waals surface area contributed by atoms with Crippen LogP contribution < -0.4 is 16.3 Å². The standard InChI is InChI=1S/C18H20N4O3S/c1-11(23)19-12-5-4-6-13(9-12)20-16(24)10-26-17-14-7-2-3-8-15(14)21-18(25)22-17/h4-6,9H,2-3,7-8,10H2,1H3,(H,19,23)(H,20,24)(H,21,22,25). The molecule has 0 bridgehead atoms. The summed E-state index contributed by atoms with van der Waals surface area (Å²) < 4.78 is 0. The Labute approximate surface area is 155 Å². The lowest BCUT2D eigenvalue weighted by molar-refractivity contribution is -0.114. The fourth-order valence-corrected chi connectivity index (χ4v) is 3.81. The minimum absolute atomic E-state index is 0.160. The van der Waals surface area contributed by atoms with Crippen molar-refractivity contribution in [1.82, 2.24) is 9.97 Å². The van der Waals surface area contributed by atoms with E-state index in [0.29, 0.717) is 16.4 Å². The molecule has 1 aliphatic carbocycles. The highest BCUT2D eigenvalue weighted by molar-refractivity contribution is 8.00. The second-order valence-corrected chi connectivity index (χ2v) is 7.07. The van der Waals surface area contributed by atoms with Crippen LogP contribution in [0, 0.1) is 0 Å². The fraction of sp³-hybridized carbons (Fsp3) is 0.333. The number of aromatic amines is 1. The number of carbonyl (C=O) groups excluding carboxylic acids is 2. The maximum atomic E-state index is 12.2. The zero-order valence-corrected chi connectivity index (χ0v) is 15.2. The summed E-state index contributed by atoms with van der Waals surface area (Å²) in [6.07, 6.45) is 3.85. The largest absolute Gasteiger partial charge is 0.346 e. The van der Waals surface area contributed by atoms with Gasteiger partial charge in [-0.2, -0.15) is 4.98 Å². The number of aryl methyl sites for hydroxylation is 1. The van der Waals surface area contributed by atoms with Crippen molar-refractivity contribution >= 4 is 35.0 Å². The Hall–Kier alpha value is -2.61. The van der Waals surface area contributed by atoms with Gasteiger partial charge in [0.05, 0.1) is 5.75 Å². The molecule has 1 aromatic heterocycles. The predicted molar refractivity (Wildman–Crippen MR) is 102 cm³/mol. The van der Waals surface area contributed by atoms with Crippen LogP contribution in [0.1, 0.15) is 31.0 Å². The van der Waals surface area contributed by atoms with Gasteiger partial charge in [0, 0.05) is 29.6 Å². The highest BCUT2D eigenvalue weighted by Gasteiger charge is 2.17. The summed E-state index contributed by atoms with van der Waals surface area (Å²) in [6.45, 7) is 1.43. The molecule has 3 N–H and O–H groups in total. The Kier molecular flexibility index (Phi) is 5.72. The van der Waals surface area contributed by atoms with Gasteiger partial charge < -0.3 is 15.6 Å². The molecule has 7 nitrogen and oxygen atoms in total. The monoisotopic (exact) mass is 372 g/mol. The second kappa shape index (κ2) is 8.18. The quantitative estimate of drug-likeness (QED) is 0.552. The molecule has 1 heterocycles. The highest BCUT2D eigenvalue weighted by Crippen LogP contribution is 2.27. The lowest BCUT2D eigenvalue weighted by Crippen LogP contribution is -2.21. The molecule has 0 aliphatic heterocycles. The molecule has 136 valence electrons. The Morgan fingerprint density at radius 2 is 1.92 bits per heavy atom. The first kappa shape index (κ1) is 18.2. The molecule has 0 atom stereocenters. The Morgan fingerprint density at radius 3 is 2.69 bits per heavy atom. The smallest absolute Gasteiger partial charge is 0.326 e. The highest BCUT2D eigenvalue weighted by atomic mass is 32.2. The van der Waals surface area contributed by atoms with Gasteiger partial charge >= 0.3 is 5.69 Å². The summed E-state index contributed by atoms with van der Waals surface area (Å²) in [6, 6.07) is 6.94. The normalized spacial score (nSPS) is 13.0. The summed E-state index contributed by atoms with van der Waals surface area (Å²) in [4.78, 5) is 41.9. The first-order chi connectivity index (χ1) is 12.5. The van der Waals surface area contributed by atoms with Crippen LogP contribution in [-0.2, 0) is 22.4 Å². The van der Waals surface area contributed by atoms with Crippen molar-refractivity contribution in [2.45, 2.75) is 37.6 Å². The third-order valence-electron chi connectivity index (χ3n) is 3.99. The molecule has 1 aliphatic rings. The van der Waals surface area contributed by atoms with Crippen molar-refractivity contribution in [2.75, 3.05) is 16.4 Å². The molecule has 2 amide bonds. The van der Waals surface area contributed by atoms with Crippen molar-refractivity contribution in [1.29, 1.82) is 0 Å². The van der Waals surface area contributed by atoms with Crippen molar-refractivity contribution in [3.63, 3.8) is 0 Å². The van der Waals surface area contributed by atoms with Crippen molar-refractivity contribution in [3.05, 3.63) is 46.0 Å². The number of benzene rings is 1. The van der Waals surface area contributed by atoms with Crippen molar-refractivity contribution in [2.24, 2.45) is 0 Å². The van der Waals surface area contributed by atoms with Crippen LogP contribution in [-0.4, -0.2) is 27.5 Å².